The van der Waals surface area contributed by atoms with Gasteiger partial charge in [-0.3, -0.25) is 14.8 Å². The second kappa shape index (κ2) is 8.73. The molecule has 0 radical (unpaired) electrons. The number of fused-ring (bicyclic) bond motifs is 3. The number of benzene rings is 1. The van der Waals surface area contributed by atoms with Gasteiger partial charge in [-0.25, -0.2) is 0 Å². The summed E-state index contributed by atoms with van der Waals surface area (Å²) in [4.78, 5) is 10.0. The lowest BCUT2D eigenvalue weighted by Crippen LogP contribution is -2.62. The Morgan fingerprint density at radius 1 is 1.31 bits per heavy atom. The lowest BCUT2D eigenvalue weighted by atomic mass is 10.0. The third-order valence-electron chi connectivity index (χ3n) is 5.40. The molecule has 3 heterocycles. The summed E-state index contributed by atoms with van der Waals surface area (Å²) in [5.74, 6) is 1.79. The first-order valence-electron chi connectivity index (χ1n) is 9.76. The number of hydrogen-bond acceptors (Lipinski definition) is 4. The monoisotopic (exact) mass is 359 g/mol. The van der Waals surface area contributed by atoms with E-state index in [4.69, 9.17) is 9.73 Å². The van der Waals surface area contributed by atoms with E-state index < -0.39 is 0 Å². The van der Waals surface area contributed by atoms with Crippen molar-refractivity contribution < 1.29 is 4.74 Å². The smallest absolute Gasteiger partial charge is 0.191 e. The van der Waals surface area contributed by atoms with Crippen molar-refractivity contribution >= 4 is 5.96 Å². The summed E-state index contributed by atoms with van der Waals surface area (Å²) >= 11 is 0. The Morgan fingerprint density at radius 3 is 2.69 bits per heavy atom. The van der Waals surface area contributed by atoms with Crippen molar-refractivity contribution in [3.8, 4) is 5.75 Å². The van der Waals surface area contributed by atoms with Crippen LogP contribution in [0.5, 0.6) is 5.75 Å². The van der Waals surface area contributed by atoms with Gasteiger partial charge in [-0.15, -0.1) is 0 Å². The van der Waals surface area contributed by atoms with Crippen LogP contribution < -0.4 is 15.4 Å². The highest BCUT2D eigenvalue weighted by molar-refractivity contribution is 5.80. The molecule has 3 saturated heterocycles. The molecule has 3 aliphatic rings. The second-order valence-corrected chi connectivity index (χ2v) is 7.32. The lowest BCUT2D eigenvalue weighted by molar-refractivity contribution is 0.0174. The molecular formula is C20H33N5O. The summed E-state index contributed by atoms with van der Waals surface area (Å²) in [6, 6.07) is 6.95. The molecule has 26 heavy (non-hydrogen) atoms. The van der Waals surface area contributed by atoms with Crippen LogP contribution in [-0.2, 0) is 0 Å². The van der Waals surface area contributed by atoms with Crippen molar-refractivity contribution in [2.45, 2.75) is 32.9 Å². The Labute approximate surface area is 157 Å². The maximum atomic E-state index is 5.54. The molecule has 0 aliphatic carbocycles. The molecule has 3 fully saturated rings. The largest absolute Gasteiger partial charge is 0.496 e. The quantitative estimate of drug-likeness (QED) is 0.597. The Hall–Kier alpha value is -1.79. The highest BCUT2D eigenvalue weighted by Crippen LogP contribution is 2.26. The van der Waals surface area contributed by atoms with Gasteiger partial charge in [-0.1, -0.05) is 17.7 Å². The summed E-state index contributed by atoms with van der Waals surface area (Å²) in [5.41, 5.74) is 2.39. The average molecular weight is 360 g/mol. The Kier molecular flexibility index (Phi) is 6.38. The normalized spacial score (nSPS) is 26.5. The van der Waals surface area contributed by atoms with E-state index in [1.165, 1.54) is 31.7 Å². The molecule has 4 rings (SSSR count). The van der Waals surface area contributed by atoms with Gasteiger partial charge in [-0.05, 0) is 26.8 Å². The number of aryl methyl sites for hydroxylation is 1. The highest BCUT2D eigenvalue weighted by Gasteiger charge is 2.31. The number of rotatable bonds is 6. The molecule has 0 saturated carbocycles. The molecule has 0 spiro atoms. The van der Waals surface area contributed by atoms with Gasteiger partial charge in [0.25, 0.3) is 0 Å². The minimum absolute atomic E-state index is 0.120. The Bertz CT molecular complexity index is 625. The Morgan fingerprint density at radius 2 is 2.08 bits per heavy atom. The van der Waals surface area contributed by atoms with E-state index in [9.17, 15) is 0 Å². The molecule has 6 nitrogen and oxygen atoms in total. The third kappa shape index (κ3) is 4.48. The Balaban J connectivity index is 1.67. The summed E-state index contributed by atoms with van der Waals surface area (Å²) < 4.78 is 5.54. The van der Waals surface area contributed by atoms with Crippen molar-refractivity contribution in [2.24, 2.45) is 4.99 Å². The number of nitrogens with zero attached hydrogens (tertiary/aromatic N) is 3. The van der Waals surface area contributed by atoms with E-state index in [0.29, 0.717) is 6.04 Å². The number of hydrogen-bond donors (Lipinski definition) is 2. The molecule has 2 bridgehead atoms. The fraction of sp³-hybridized carbons (Fsp3) is 0.650. The standard InChI is InChI=1S/C20H33N5O/c1-5-21-20(22-13-17-14-24-8-10-25(17)11-9-24)23-16(3)18-12-15(2)6-7-19(18)26-4/h6-7,12,16-17H,5,8-11,13-14H2,1-4H3,(H2,21,22,23). The predicted octanol–water partition coefficient (Wildman–Crippen LogP) is 1.62. The van der Waals surface area contributed by atoms with Gasteiger partial charge >= 0.3 is 0 Å². The number of methoxy groups -OCH3 is 1. The molecule has 0 aromatic heterocycles. The van der Waals surface area contributed by atoms with Crippen LogP contribution in [0.15, 0.2) is 23.2 Å². The molecule has 2 atom stereocenters. The number of aliphatic imine (C=N–C) groups is 1. The van der Waals surface area contributed by atoms with Crippen LogP contribution in [0, 0.1) is 6.92 Å². The maximum Gasteiger partial charge on any atom is 0.191 e. The van der Waals surface area contributed by atoms with Crippen LogP contribution in [0.1, 0.15) is 31.0 Å². The molecule has 0 amide bonds. The van der Waals surface area contributed by atoms with Crippen molar-refractivity contribution in [3.63, 3.8) is 0 Å². The van der Waals surface area contributed by atoms with E-state index in [-0.39, 0.29) is 6.04 Å². The van der Waals surface area contributed by atoms with Gasteiger partial charge in [0.1, 0.15) is 5.75 Å². The first-order valence-corrected chi connectivity index (χ1v) is 9.76. The first kappa shape index (κ1) is 19.0. The molecule has 144 valence electrons. The van der Waals surface area contributed by atoms with Crippen LogP contribution in [0.2, 0.25) is 0 Å². The molecule has 1 aromatic carbocycles. The average Bonchev–Trinajstić information content (AvgIpc) is 2.67. The van der Waals surface area contributed by atoms with E-state index in [0.717, 1.165) is 36.9 Å². The molecule has 3 aliphatic heterocycles. The maximum absolute atomic E-state index is 5.54. The predicted molar refractivity (Wildman–Crippen MR) is 107 cm³/mol. The van der Waals surface area contributed by atoms with Crippen LogP contribution in [0.3, 0.4) is 0 Å². The zero-order valence-electron chi connectivity index (χ0n) is 16.6. The van der Waals surface area contributed by atoms with Crippen molar-refractivity contribution in [2.75, 3.05) is 52.9 Å². The number of ether oxygens (including phenoxy) is 1. The fourth-order valence-corrected chi connectivity index (χ4v) is 3.89. The van der Waals surface area contributed by atoms with E-state index in [1.54, 1.807) is 7.11 Å². The van der Waals surface area contributed by atoms with Gasteiger partial charge in [0, 0.05) is 50.9 Å². The molecule has 2 N–H and O–H groups in total. The summed E-state index contributed by atoms with van der Waals surface area (Å²) in [7, 11) is 1.72. The highest BCUT2D eigenvalue weighted by atomic mass is 16.5. The second-order valence-electron chi connectivity index (χ2n) is 7.32. The number of piperazine rings is 3. The van der Waals surface area contributed by atoms with Crippen molar-refractivity contribution in [1.82, 2.24) is 20.4 Å². The lowest BCUT2D eigenvalue weighted by Gasteiger charge is -2.47. The van der Waals surface area contributed by atoms with Gasteiger partial charge in [0.15, 0.2) is 5.96 Å². The first-order chi connectivity index (χ1) is 12.6. The number of guanidine groups is 1. The summed E-state index contributed by atoms with van der Waals surface area (Å²) in [5, 5.41) is 6.93. The van der Waals surface area contributed by atoms with Gasteiger partial charge < -0.3 is 15.4 Å². The van der Waals surface area contributed by atoms with Gasteiger partial charge in [0.2, 0.25) is 0 Å². The zero-order valence-corrected chi connectivity index (χ0v) is 16.6. The van der Waals surface area contributed by atoms with Crippen LogP contribution in [0.4, 0.5) is 0 Å². The molecular weight excluding hydrogens is 326 g/mol. The SMILES string of the molecule is CCNC(=NCC1CN2CCN1CC2)NC(C)c1cc(C)ccc1OC. The van der Waals surface area contributed by atoms with Crippen LogP contribution >= 0.6 is 0 Å². The molecule has 1 aromatic rings. The van der Waals surface area contributed by atoms with Gasteiger partial charge in [0.05, 0.1) is 19.7 Å². The van der Waals surface area contributed by atoms with Crippen molar-refractivity contribution in [3.05, 3.63) is 29.3 Å². The fourth-order valence-electron chi connectivity index (χ4n) is 3.89. The summed E-state index contributed by atoms with van der Waals surface area (Å²) in [6.45, 7) is 14.0. The molecule has 6 heteroatoms. The minimum atomic E-state index is 0.120. The van der Waals surface area contributed by atoms with E-state index in [2.05, 4.69) is 53.3 Å². The minimum Gasteiger partial charge on any atom is -0.496 e. The third-order valence-corrected chi connectivity index (χ3v) is 5.40. The van der Waals surface area contributed by atoms with Crippen LogP contribution in [-0.4, -0.2) is 74.7 Å². The van der Waals surface area contributed by atoms with E-state index >= 15 is 0 Å². The van der Waals surface area contributed by atoms with Crippen molar-refractivity contribution in [1.29, 1.82) is 0 Å². The van der Waals surface area contributed by atoms with E-state index in [1.807, 2.05) is 6.07 Å². The summed E-state index contributed by atoms with van der Waals surface area (Å²) in [6.07, 6.45) is 0. The number of nitrogens with one attached hydrogen (secondary N) is 2. The van der Waals surface area contributed by atoms with Gasteiger partial charge in [-0.2, -0.15) is 0 Å². The van der Waals surface area contributed by atoms with Crippen LogP contribution in [0.25, 0.3) is 0 Å². The topological polar surface area (TPSA) is 52.1 Å². The molecule has 2 unspecified atom stereocenters. The zero-order chi connectivity index (χ0) is 18.5.